The molecule has 0 radical (unpaired) electrons. The van der Waals surface area contributed by atoms with E-state index < -0.39 is 0 Å². The van der Waals surface area contributed by atoms with E-state index in [-0.39, 0.29) is 18.4 Å². The lowest BCUT2D eigenvalue weighted by molar-refractivity contribution is 0.0943. The van der Waals surface area contributed by atoms with Gasteiger partial charge in [-0.3, -0.25) is 9.59 Å². The Bertz CT molecular complexity index is 1270. The zero-order valence-corrected chi connectivity index (χ0v) is 19.6. The lowest BCUT2D eigenvalue weighted by Crippen LogP contribution is -2.25. The molecule has 2 aromatic carbocycles. The summed E-state index contributed by atoms with van der Waals surface area (Å²) in [6.07, 6.45) is 4.58. The summed E-state index contributed by atoms with van der Waals surface area (Å²) in [7, 11) is 0. The summed E-state index contributed by atoms with van der Waals surface area (Å²) in [5, 5.41) is 5.70. The number of rotatable bonds is 11. The number of amides is 2. The third-order valence-corrected chi connectivity index (χ3v) is 5.23. The minimum Gasteiger partial charge on any atom is -0.487 e. The number of benzene rings is 2. The molecule has 0 aliphatic heterocycles. The maximum atomic E-state index is 12.8. The highest BCUT2D eigenvalue weighted by atomic mass is 16.5. The number of aromatic nitrogens is 2. The SMILES string of the molecule is CCOCCCNC(=O)c1cccc(NC(=O)c2cccc(OCc3cn4ccccc4n3)c2)c1. The molecule has 0 aliphatic rings. The van der Waals surface area contributed by atoms with E-state index >= 15 is 0 Å². The van der Waals surface area contributed by atoms with Crippen LogP contribution in [0.15, 0.2) is 79.1 Å². The molecule has 2 aromatic heterocycles. The third kappa shape index (κ3) is 6.68. The largest absolute Gasteiger partial charge is 0.487 e. The van der Waals surface area contributed by atoms with E-state index in [9.17, 15) is 9.59 Å². The molecule has 0 fully saturated rings. The van der Waals surface area contributed by atoms with Crippen LogP contribution in [0.1, 0.15) is 39.8 Å². The monoisotopic (exact) mass is 472 g/mol. The van der Waals surface area contributed by atoms with E-state index in [1.54, 1.807) is 48.5 Å². The molecular weight excluding hydrogens is 444 g/mol. The van der Waals surface area contributed by atoms with Crippen molar-refractivity contribution in [3.05, 3.63) is 95.9 Å². The fraction of sp³-hybridized carbons (Fsp3) is 0.222. The number of hydrogen-bond acceptors (Lipinski definition) is 5. The molecule has 35 heavy (non-hydrogen) atoms. The van der Waals surface area contributed by atoms with Gasteiger partial charge in [0.1, 0.15) is 18.0 Å². The molecule has 0 atom stereocenters. The number of carbonyl (C=O) groups excluding carboxylic acids is 2. The van der Waals surface area contributed by atoms with Crippen molar-refractivity contribution in [1.82, 2.24) is 14.7 Å². The van der Waals surface area contributed by atoms with E-state index in [2.05, 4.69) is 15.6 Å². The first kappa shape index (κ1) is 24.0. The van der Waals surface area contributed by atoms with Gasteiger partial charge in [0.2, 0.25) is 0 Å². The Kier molecular flexibility index (Phi) is 8.08. The zero-order chi connectivity index (χ0) is 24.5. The number of fused-ring (bicyclic) bond motifs is 1. The summed E-state index contributed by atoms with van der Waals surface area (Å²) in [5.74, 6) is 0.0762. The van der Waals surface area contributed by atoms with Crippen LogP contribution in [0, 0.1) is 0 Å². The zero-order valence-electron chi connectivity index (χ0n) is 19.6. The lowest BCUT2D eigenvalue weighted by atomic mass is 10.1. The highest BCUT2D eigenvalue weighted by molar-refractivity contribution is 6.05. The van der Waals surface area contributed by atoms with Crippen LogP contribution in [0.5, 0.6) is 5.75 Å². The summed E-state index contributed by atoms with van der Waals surface area (Å²) >= 11 is 0. The number of ether oxygens (including phenoxy) is 2. The third-order valence-electron chi connectivity index (χ3n) is 5.23. The molecule has 0 unspecified atom stereocenters. The van der Waals surface area contributed by atoms with Crippen molar-refractivity contribution in [3.8, 4) is 5.75 Å². The van der Waals surface area contributed by atoms with Crippen LogP contribution in [-0.2, 0) is 11.3 Å². The number of nitrogens with zero attached hydrogens (tertiary/aromatic N) is 2. The van der Waals surface area contributed by atoms with Gasteiger partial charge in [-0.1, -0.05) is 18.2 Å². The van der Waals surface area contributed by atoms with Crippen LogP contribution >= 0.6 is 0 Å². The van der Waals surface area contributed by atoms with Crippen molar-refractivity contribution in [1.29, 1.82) is 0 Å². The van der Waals surface area contributed by atoms with Gasteiger partial charge in [0, 0.05) is 49.0 Å². The van der Waals surface area contributed by atoms with Gasteiger partial charge in [0.25, 0.3) is 11.8 Å². The average Bonchev–Trinajstić information content (AvgIpc) is 3.31. The van der Waals surface area contributed by atoms with Crippen LogP contribution in [0.3, 0.4) is 0 Å². The Morgan fingerprint density at radius 3 is 2.63 bits per heavy atom. The van der Waals surface area contributed by atoms with Crippen molar-refractivity contribution in [2.75, 3.05) is 25.1 Å². The Hall–Kier alpha value is -4.17. The van der Waals surface area contributed by atoms with Crippen LogP contribution in [0.4, 0.5) is 5.69 Å². The number of carbonyl (C=O) groups is 2. The minimum absolute atomic E-state index is 0.194. The predicted molar refractivity (Wildman–Crippen MR) is 134 cm³/mol. The quantitative estimate of drug-likeness (QED) is 0.317. The number of imidazole rings is 1. The van der Waals surface area contributed by atoms with E-state index in [4.69, 9.17) is 9.47 Å². The smallest absolute Gasteiger partial charge is 0.255 e. The standard InChI is InChI=1S/C27H28N4O4/c1-2-34-15-7-13-28-26(32)20-8-5-10-22(16-20)30-27(33)21-9-6-11-24(17-21)35-19-23-18-31-14-4-3-12-25(31)29-23/h3-6,8-12,14,16-18H,2,7,13,15,19H2,1H3,(H,28,32)(H,30,33). The highest BCUT2D eigenvalue weighted by Crippen LogP contribution is 2.18. The van der Waals surface area contributed by atoms with Gasteiger partial charge in [-0.15, -0.1) is 0 Å². The van der Waals surface area contributed by atoms with Gasteiger partial charge in [-0.05, 0) is 61.9 Å². The van der Waals surface area contributed by atoms with E-state index in [0.29, 0.717) is 42.3 Å². The maximum absolute atomic E-state index is 12.8. The first-order chi connectivity index (χ1) is 17.1. The second-order valence-electron chi connectivity index (χ2n) is 7.86. The Morgan fingerprint density at radius 2 is 1.80 bits per heavy atom. The van der Waals surface area contributed by atoms with Crippen molar-refractivity contribution in [2.45, 2.75) is 20.0 Å². The van der Waals surface area contributed by atoms with Gasteiger partial charge in [-0.2, -0.15) is 0 Å². The predicted octanol–water partition coefficient (Wildman–Crippen LogP) is 4.32. The van der Waals surface area contributed by atoms with Crippen LogP contribution in [0.25, 0.3) is 5.65 Å². The summed E-state index contributed by atoms with van der Waals surface area (Å²) in [6.45, 7) is 4.01. The van der Waals surface area contributed by atoms with Crippen molar-refractivity contribution in [2.24, 2.45) is 0 Å². The van der Waals surface area contributed by atoms with Crippen molar-refractivity contribution < 1.29 is 19.1 Å². The summed E-state index contributed by atoms with van der Waals surface area (Å²) in [5.41, 5.74) is 3.10. The Morgan fingerprint density at radius 1 is 0.971 bits per heavy atom. The topological polar surface area (TPSA) is 94.0 Å². The molecule has 0 saturated heterocycles. The molecule has 0 aliphatic carbocycles. The Balaban J connectivity index is 1.33. The average molecular weight is 473 g/mol. The minimum atomic E-state index is -0.294. The molecule has 180 valence electrons. The van der Waals surface area contributed by atoms with Crippen LogP contribution in [0.2, 0.25) is 0 Å². The molecule has 2 N–H and O–H groups in total. The number of hydrogen-bond donors (Lipinski definition) is 2. The normalized spacial score (nSPS) is 10.8. The van der Waals surface area contributed by atoms with Gasteiger partial charge in [-0.25, -0.2) is 4.98 Å². The second-order valence-corrected chi connectivity index (χ2v) is 7.86. The molecular formula is C27H28N4O4. The van der Waals surface area contributed by atoms with E-state index in [0.717, 1.165) is 17.8 Å². The van der Waals surface area contributed by atoms with Gasteiger partial charge in [0.15, 0.2) is 0 Å². The number of nitrogens with one attached hydrogen (secondary N) is 2. The van der Waals surface area contributed by atoms with E-state index in [1.165, 1.54) is 0 Å². The molecule has 4 aromatic rings. The Labute approximate surface area is 203 Å². The van der Waals surface area contributed by atoms with Crippen molar-refractivity contribution >= 4 is 23.1 Å². The molecule has 8 nitrogen and oxygen atoms in total. The molecule has 8 heteroatoms. The molecule has 2 heterocycles. The fourth-order valence-corrected chi connectivity index (χ4v) is 3.51. The first-order valence-corrected chi connectivity index (χ1v) is 11.5. The van der Waals surface area contributed by atoms with Crippen molar-refractivity contribution in [3.63, 3.8) is 0 Å². The molecule has 0 saturated carbocycles. The number of anilines is 1. The maximum Gasteiger partial charge on any atom is 0.255 e. The summed E-state index contributed by atoms with van der Waals surface area (Å²) in [6, 6.07) is 19.6. The lowest BCUT2D eigenvalue weighted by Gasteiger charge is -2.10. The number of pyridine rings is 1. The van der Waals surface area contributed by atoms with Gasteiger partial charge >= 0.3 is 0 Å². The molecule has 0 bridgehead atoms. The van der Waals surface area contributed by atoms with E-state index in [1.807, 2.05) is 41.9 Å². The second kappa shape index (κ2) is 11.8. The van der Waals surface area contributed by atoms with Crippen LogP contribution in [-0.4, -0.2) is 41.0 Å². The molecule has 0 spiro atoms. The summed E-state index contributed by atoms with van der Waals surface area (Å²) < 4.78 is 13.1. The molecule has 4 rings (SSSR count). The van der Waals surface area contributed by atoms with Crippen LogP contribution < -0.4 is 15.4 Å². The fourth-order valence-electron chi connectivity index (χ4n) is 3.51. The summed E-state index contributed by atoms with van der Waals surface area (Å²) in [4.78, 5) is 29.7. The first-order valence-electron chi connectivity index (χ1n) is 11.5. The van der Waals surface area contributed by atoms with Gasteiger partial charge in [0.05, 0.1) is 5.69 Å². The van der Waals surface area contributed by atoms with Gasteiger partial charge < -0.3 is 24.5 Å². The molecule has 2 amide bonds. The highest BCUT2D eigenvalue weighted by Gasteiger charge is 2.11.